The quantitative estimate of drug-likeness (QED) is 0.764. The molecule has 0 saturated carbocycles. The summed E-state index contributed by atoms with van der Waals surface area (Å²) in [6, 6.07) is 1.67. The Kier molecular flexibility index (Phi) is 5.00. The van der Waals surface area contributed by atoms with Gasteiger partial charge in [-0.25, -0.2) is 0 Å². The van der Waals surface area contributed by atoms with Crippen LogP contribution in [0.25, 0.3) is 0 Å². The van der Waals surface area contributed by atoms with Crippen molar-refractivity contribution in [2.24, 2.45) is 5.92 Å². The molecule has 0 amide bonds. The average molecular weight is 279 g/mol. The summed E-state index contributed by atoms with van der Waals surface area (Å²) in [5, 5.41) is 0. The normalized spacial score (nSPS) is 35.1. The van der Waals surface area contributed by atoms with Gasteiger partial charge in [-0.05, 0) is 78.0 Å². The Hall–Kier alpha value is -0.120. The van der Waals surface area contributed by atoms with E-state index in [0.717, 1.165) is 18.0 Å². The highest BCUT2D eigenvalue weighted by Gasteiger charge is 2.31. The van der Waals surface area contributed by atoms with Crippen molar-refractivity contribution in [1.29, 1.82) is 0 Å². The molecule has 116 valence electrons. The lowest BCUT2D eigenvalue weighted by atomic mass is 9.99. The first-order valence-corrected chi connectivity index (χ1v) is 8.89. The summed E-state index contributed by atoms with van der Waals surface area (Å²) in [7, 11) is 2.27. The maximum Gasteiger partial charge on any atom is 0.0235 e. The lowest BCUT2D eigenvalue weighted by Crippen LogP contribution is -2.38. The monoisotopic (exact) mass is 279 g/mol. The fourth-order valence-electron chi connectivity index (χ4n) is 4.49. The number of rotatable bonds is 5. The smallest absolute Gasteiger partial charge is 0.0235 e. The van der Waals surface area contributed by atoms with Crippen molar-refractivity contribution in [1.82, 2.24) is 14.7 Å². The largest absolute Gasteiger partial charge is 0.306 e. The van der Waals surface area contributed by atoms with Crippen molar-refractivity contribution >= 4 is 0 Å². The van der Waals surface area contributed by atoms with Gasteiger partial charge in [0.1, 0.15) is 0 Å². The van der Waals surface area contributed by atoms with Crippen LogP contribution in [-0.4, -0.2) is 73.1 Å². The van der Waals surface area contributed by atoms with E-state index in [1.807, 2.05) is 0 Å². The summed E-state index contributed by atoms with van der Waals surface area (Å²) in [4.78, 5) is 8.01. The lowest BCUT2D eigenvalue weighted by molar-refractivity contribution is 0.195. The first kappa shape index (κ1) is 14.8. The van der Waals surface area contributed by atoms with E-state index >= 15 is 0 Å². The van der Waals surface area contributed by atoms with Gasteiger partial charge in [0.2, 0.25) is 0 Å². The van der Waals surface area contributed by atoms with Gasteiger partial charge in [0.05, 0.1) is 0 Å². The van der Waals surface area contributed by atoms with Gasteiger partial charge in [-0.15, -0.1) is 0 Å². The van der Waals surface area contributed by atoms with E-state index in [1.54, 1.807) is 0 Å². The summed E-state index contributed by atoms with van der Waals surface area (Å²) in [5.74, 6) is 0.972. The zero-order valence-electron chi connectivity index (χ0n) is 13.6. The molecule has 3 heteroatoms. The minimum Gasteiger partial charge on any atom is -0.306 e. The molecule has 3 heterocycles. The third-order valence-electron chi connectivity index (χ3n) is 5.96. The molecule has 0 aromatic carbocycles. The molecule has 3 unspecified atom stereocenters. The summed E-state index contributed by atoms with van der Waals surface area (Å²) in [6.45, 7) is 10.5. The maximum absolute atomic E-state index is 2.77. The Balaban J connectivity index is 1.38. The highest BCUT2D eigenvalue weighted by molar-refractivity contribution is 4.88. The van der Waals surface area contributed by atoms with Crippen LogP contribution in [0.4, 0.5) is 0 Å². The summed E-state index contributed by atoms with van der Waals surface area (Å²) in [5.41, 5.74) is 0. The zero-order valence-corrected chi connectivity index (χ0v) is 13.6. The third kappa shape index (κ3) is 3.55. The lowest BCUT2D eigenvalue weighted by Gasteiger charge is -2.27. The van der Waals surface area contributed by atoms with Gasteiger partial charge >= 0.3 is 0 Å². The molecule has 0 spiro atoms. The molecule has 20 heavy (non-hydrogen) atoms. The molecular weight excluding hydrogens is 246 g/mol. The average Bonchev–Trinajstić information content (AvgIpc) is 3.16. The highest BCUT2D eigenvalue weighted by Crippen LogP contribution is 2.25. The van der Waals surface area contributed by atoms with Crippen molar-refractivity contribution in [3.05, 3.63) is 0 Å². The molecule has 0 N–H and O–H groups in total. The van der Waals surface area contributed by atoms with Crippen LogP contribution in [0.2, 0.25) is 0 Å². The molecule has 3 rings (SSSR count). The van der Waals surface area contributed by atoms with Gasteiger partial charge in [0.25, 0.3) is 0 Å². The second-order valence-corrected chi connectivity index (χ2v) is 7.52. The summed E-state index contributed by atoms with van der Waals surface area (Å²) in [6.07, 6.45) is 8.56. The molecule has 3 aliphatic rings. The molecule has 3 aliphatic heterocycles. The fraction of sp³-hybridized carbons (Fsp3) is 1.00. The minimum atomic E-state index is 0.800. The van der Waals surface area contributed by atoms with Crippen molar-refractivity contribution in [2.75, 3.05) is 46.3 Å². The van der Waals surface area contributed by atoms with Crippen LogP contribution < -0.4 is 0 Å². The second-order valence-electron chi connectivity index (χ2n) is 7.52. The van der Waals surface area contributed by atoms with Crippen molar-refractivity contribution in [3.8, 4) is 0 Å². The Morgan fingerprint density at radius 1 is 1.00 bits per heavy atom. The molecule has 3 atom stereocenters. The SMILES string of the molecule is CC(CCC1CCN(C)C1)N1CCC(N2CCCC2)C1. The molecule has 3 nitrogen and oxygen atoms in total. The van der Waals surface area contributed by atoms with Crippen LogP contribution in [-0.2, 0) is 0 Å². The van der Waals surface area contributed by atoms with Crippen molar-refractivity contribution in [3.63, 3.8) is 0 Å². The van der Waals surface area contributed by atoms with Gasteiger partial charge in [-0.3, -0.25) is 9.80 Å². The van der Waals surface area contributed by atoms with E-state index in [-0.39, 0.29) is 0 Å². The van der Waals surface area contributed by atoms with Crippen molar-refractivity contribution < 1.29 is 0 Å². The molecular formula is C17H33N3. The maximum atomic E-state index is 2.77. The fourth-order valence-corrected chi connectivity index (χ4v) is 4.49. The Morgan fingerprint density at radius 2 is 1.80 bits per heavy atom. The van der Waals surface area contributed by atoms with Crippen LogP contribution >= 0.6 is 0 Å². The Bertz CT molecular complexity index is 301. The minimum absolute atomic E-state index is 0.800. The topological polar surface area (TPSA) is 9.72 Å². The van der Waals surface area contributed by atoms with E-state index < -0.39 is 0 Å². The number of likely N-dealkylation sites (tertiary alicyclic amines) is 3. The molecule has 3 fully saturated rings. The first-order chi connectivity index (χ1) is 9.72. The number of nitrogens with zero attached hydrogens (tertiary/aromatic N) is 3. The van der Waals surface area contributed by atoms with E-state index in [1.165, 1.54) is 77.8 Å². The predicted molar refractivity (Wildman–Crippen MR) is 85.1 cm³/mol. The van der Waals surface area contributed by atoms with Crippen LogP contribution in [0.5, 0.6) is 0 Å². The van der Waals surface area contributed by atoms with Crippen LogP contribution in [0.15, 0.2) is 0 Å². The molecule has 0 aromatic heterocycles. The van der Waals surface area contributed by atoms with Crippen LogP contribution in [0.1, 0.15) is 45.4 Å². The first-order valence-electron chi connectivity index (χ1n) is 8.89. The van der Waals surface area contributed by atoms with E-state index in [2.05, 4.69) is 28.7 Å². The molecule has 0 aliphatic carbocycles. The van der Waals surface area contributed by atoms with Gasteiger partial charge in [-0.2, -0.15) is 0 Å². The van der Waals surface area contributed by atoms with Gasteiger partial charge < -0.3 is 4.90 Å². The predicted octanol–water partition coefficient (Wildman–Crippen LogP) is 2.28. The second kappa shape index (κ2) is 6.76. The molecule has 0 radical (unpaired) electrons. The molecule has 3 saturated heterocycles. The third-order valence-corrected chi connectivity index (χ3v) is 5.96. The zero-order chi connectivity index (χ0) is 13.9. The van der Waals surface area contributed by atoms with Gasteiger partial charge in [0.15, 0.2) is 0 Å². The number of hydrogen-bond acceptors (Lipinski definition) is 3. The van der Waals surface area contributed by atoms with Crippen LogP contribution in [0, 0.1) is 5.92 Å². The molecule has 0 bridgehead atoms. The molecule has 0 aromatic rings. The summed E-state index contributed by atoms with van der Waals surface area (Å²) >= 11 is 0. The van der Waals surface area contributed by atoms with Gasteiger partial charge in [-0.1, -0.05) is 0 Å². The number of hydrogen-bond donors (Lipinski definition) is 0. The summed E-state index contributed by atoms with van der Waals surface area (Å²) < 4.78 is 0. The van der Waals surface area contributed by atoms with E-state index in [0.29, 0.717) is 0 Å². The Labute approximate surface area is 125 Å². The Morgan fingerprint density at radius 3 is 2.50 bits per heavy atom. The van der Waals surface area contributed by atoms with Crippen LogP contribution in [0.3, 0.4) is 0 Å². The standard InChI is InChI=1S/C17H33N3/c1-15(5-6-16-7-11-18(2)13-16)20-12-8-17(14-20)19-9-3-4-10-19/h15-17H,3-14H2,1-2H3. The van der Waals surface area contributed by atoms with Gasteiger partial charge in [0, 0.05) is 31.7 Å². The van der Waals surface area contributed by atoms with E-state index in [9.17, 15) is 0 Å². The van der Waals surface area contributed by atoms with Crippen molar-refractivity contribution in [2.45, 2.75) is 57.5 Å². The van der Waals surface area contributed by atoms with E-state index in [4.69, 9.17) is 0 Å². The highest BCUT2D eigenvalue weighted by atomic mass is 15.3.